The molecule has 120 valence electrons. The average molecular weight is 315 g/mol. The Bertz CT molecular complexity index is 759. The summed E-state index contributed by atoms with van der Waals surface area (Å²) in [5, 5.41) is 3.68. The quantitative estimate of drug-likeness (QED) is 0.781. The van der Waals surface area contributed by atoms with E-state index in [0.29, 0.717) is 0 Å². The molecule has 3 heteroatoms. The number of para-hydroxylation sites is 2. The zero-order valence-electron chi connectivity index (χ0n) is 13.5. The first-order valence-electron chi connectivity index (χ1n) is 8.32. The molecule has 1 unspecified atom stereocenters. The lowest BCUT2D eigenvalue weighted by atomic mass is 10.1. The maximum absolute atomic E-state index is 3.68. The highest BCUT2D eigenvalue weighted by molar-refractivity contribution is 5.54. The third-order valence-corrected chi connectivity index (χ3v) is 4.43. The van der Waals surface area contributed by atoms with Gasteiger partial charge in [0.25, 0.3) is 0 Å². The first-order valence-corrected chi connectivity index (χ1v) is 8.32. The van der Waals surface area contributed by atoms with Crippen LogP contribution in [-0.2, 0) is 0 Å². The molecule has 0 aliphatic carbocycles. The van der Waals surface area contributed by atoms with E-state index in [9.17, 15) is 0 Å². The van der Waals surface area contributed by atoms with Crippen LogP contribution < -0.4 is 15.1 Å². The summed E-state index contributed by atoms with van der Waals surface area (Å²) in [5.41, 5.74) is 3.74. The van der Waals surface area contributed by atoms with Gasteiger partial charge in [-0.05, 0) is 29.8 Å². The van der Waals surface area contributed by atoms with Gasteiger partial charge >= 0.3 is 0 Å². The van der Waals surface area contributed by atoms with Crippen molar-refractivity contribution in [1.82, 2.24) is 5.32 Å². The van der Waals surface area contributed by atoms with E-state index in [0.717, 1.165) is 13.3 Å². The van der Waals surface area contributed by atoms with E-state index in [1.165, 1.54) is 16.9 Å². The maximum Gasteiger partial charge on any atom is 0.109 e. The van der Waals surface area contributed by atoms with Crippen molar-refractivity contribution >= 4 is 11.4 Å². The Morgan fingerprint density at radius 3 is 1.83 bits per heavy atom. The molecule has 0 amide bonds. The topological polar surface area (TPSA) is 18.5 Å². The number of hydrogen-bond acceptors (Lipinski definition) is 3. The Balaban J connectivity index is 1.67. The Morgan fingerprint density at radius 1 is 0.667 bits per heavy atom. The number of nitrogens with zero attached hydrogens (tertiary/aromatic N) is 2. The van der Waals surface area contributed by atoms with Crippen LogP contribution in [0.25, 0.3) is 0 Å². The van der Waals surface area contributed by atoms with E-state index < -0.39 is 0 Å². The number of nitrogens with one attached hydrogen (secondary N) is 1. The molecule has 1 atom stereocenters. The van der Waals surface area contributed by atoms with E-state index >= 15 is 0 Å². The van der Waals surface area contributed by atoms with Gasteiger partial charge in [0, 0.05) is 11.4 Å². The molecule has 1 N–H and O–H groups in total. The summed E-state index contributed by atoms with van der Waals surface area (Å²) in [7, 11) is 0. The zero-order valence-corrected chi connectivity index (χ0v) is 13.5. The largest absolute Gasteiger partial charge is 0.341 e. The molecule has 4 rings (SSSR count). The Kier molecular flexibility index (Phi) is 4.17. The van der Waals surface area contributed by atoms with Crippen molar-refractivity contribution in [3.05, 3.63) is 96.6 Å². The van der Waals surface area contributed by atoms with Gasteiger partial charge in [-0.25, -0.2) is 0 Å². The van der Waals surface area contributed by atoms with Crippen molar-refractivity contribution in [3.8, 4) is 0 Å². The highest BCUT2D eigenvalue weighted by Gasteiger charge is 2.27. The second-order valence-electron chi connectivity index (χ2n) is 6.00. The Labute approximate surface area is 143 Å². The minimum Gasteiger partial charge on any atom is -0.341 e. The predicted molar refractivity (Wildman–Crippen MR) is 99.9 cm³/mol. The van der Waals surface area contributed by atoms with Crippen LogP contribution in [0.2, 0.25) is 0 Å². The molecule has 0 spiro atoms. The van der Waals surface area contributed by atoms with Gasteiger partial charge in [0.1, 0.15) is 6.17 Å². The number of benzene rings is 3. The summed E-state index contributed by atoms with van der Waals surface area (Å²) < 4.78 is 0. The lowest BCUT2D eigenvalue weighted by Gasteiger charge is -2.44. The van der Waals surface area contributed by atoms with E-state index in [-0.39, 0.29) is 6.17 Å². The first kappa shape index (κ1) is 14.8. The lowest BCUT2D eigenvalue weighted by Crippen LogP contribution is -2.55. The molecule has 0 radical (unpaired) electrons. The second kappa shape index (κ2) is 6.77. The highest BCUT2D eigenvalue weighted by Crippen LogP contribution is 2.29. The Hall–Kier alpha value is -2.78. The zero-order chi connectivity index (χ0) is 16.2. The van der Waals surface area contributed by atoms with Gasteiger partial charge in [0.05, 0.1) is 13.3 Å². The third-order valence-electron chi connectivity index (χ3n) is 4.43. The average Bonchev–Trinajstić information content (AvgIpc) is 2.69. The summed E-state index contributed by atoms with van der Waals surface area (Å²) in [6, 6.07) is 31.8. The van der Waals surface area contributed by atoms with Crippen molar-refractivity contribution < 1.29 is 0 Å². The molecule has 0 aromatic heterocycles. The van der Waals surface area contributed by atoms with Crippen LogP contribution in [0.15, 0.2) is 91.0 Å². The second-order valence-corrected chi connectivity index (χ2v) is 6.00. The minimum absolute atomic E-state index is 0.175. The SMILES string of the molecule is c1ccc(C2NCN(c3ccccc3)CN2c2ccccc2)cc1. The third kappa shape index (κ3) is 2.99. The molecule has 3 aromatic carbocycles. The van der Waals surface area contributed by atoms with Gasteiger partial charge in [0.15, 0.2) is 0 Å². The summed E-state index contributed by atoms with van der Waals surface area (Å²) in [6.45, 7) is 1.67. The number of anilines is 2. The van der Waals surface area contributed by atoms with Crippen LogP contribution in [0.1, 0.15) is 11.7 Å². The van der Waals surface area contributed by atoms with E-state index in [1.54, 1.807) is 0 Å². The molecule has 3 nitrogen and oxygen atoms in total. The first-order chi connectivity index (χ1) is 11.9. The van der Waals surface area contributed by atoms with Crippen LogP contribution in [0.4, 0.5) is 11.4 Å². The lowest BCUT2D eigenvalue weighted by molar-refractivity contribution is 0.438. The van der Waals surface area contributed by atoms with Crippen LogP contribution in [0.3, 0.4) is 0 Å². The minimum atomic E-state index is 0.175. The van der Waals surface area contributed by atoms with Gasteiger partial charge < -0.3 is 9.80 Å². The highest BCUT2D eigenvalue weighted by atomic mass is 15.5. The van der Waals surface area contributed by atoms with Crippen LogP contribution >= 0.6 is 0 Å². The number of hydrogen-bond donors (Lipinski definition) is 1. The van der Waals surface area contributed by atoms with Crippen molar-refractivity contribution in [2.45, 2.75) is 6.17 Å². The molecule has 24 heavy (non-hydrogen) atoms. The van der Waals surface area contributed by atoms with Gasteiger partial charge in [-0.2, -0.15) is 0 Å². The molecular weight excluding hydrogens is 294 g/mol. The molecule has 1 heterocycles. The normalized spacial score (nSPS) is 17.8. The van der Waals surface area contributed by atoms with Gasteiger partial charge in [0.2, 0.25) is 0 Å². The standard InChI is InChI=1S/C21H21N3/c1-4-10-18(11-5-1)21-22-16-23(19-12-6-2-7-13-19)17-24(21)20-14-8-3-9-15-20/h1-15,21-22H,16-17H2. The molecule has 1 fully saturated rings. The fourth-order valence-corrected chi connectivity index (χ4v) is 3.22. The van der Waals surface area contributed by atoms with Crippen molar-refractivity contribution in [2.24, 2.45) is 0 Å². The Morgan fingerprint density at radius 2 is 1.21 bits per heavy atom. The van der Waals surface area contributed by atoms with Crippen LogP contribution in [0, 0.1) is 0 Å². The maximum atomic E-state index is 3.68. The summed E-state index contributed by atoms with van der Waals surface area (Å²) in [5.74, 6) is 0. The molecule has 1 aliphatic rings. The van der Waals surface area contributed by atoms with Gasteiger partial charge in [-0.15, -0.1) is 0 Å². The predicted octanol–water partition coefficient (Wildman–Crippen LogP) is 4.22. The fourth-order valence-electron chi connectivity index (χ4n) is 3.22. The van der Waals surface area contributed by atoms with E-state index in [2.05, 4.69) is 106 Å². The summed E-state index contributed by atoms with van der Waals surface area (Å²) >= 11 is 0. The van der Waals surface area contributed by atoms with Crippen molar-refractivity contribution in [2.75, 3.05) is 23.1 Å². The monoisotopic (exact) mass is 315 g/mol. The fraction of sp³-hybridized carbons (Fsp3) is 0.143. The summed E-state index contributed by atoms with van der Waals surface area (Å²) in [4.78, 5) is 4.76. The molecular formula is C21H21N3. The molecule has 0 saturated carbocycles. The number of rotatable bonds is 3. The van der Waals surface area contributed by atoms with Crippen LogP contribution in [-0.4, -0.2) is 13.3 Å². The molecule has 0 bridgehead atoms. The van der Waals surface area contributed by atoms with Crippen molar-refractivity contribution in [3.63, 3.8) is 0 Å². The van der Waals surface area contributed by atoms with E-state index in [4.69, 9.17) is 0 Å². The van der Waals surface area contributed by atoms with Crippen LogP contribution in [0.5, 0.6) is 0 Å². The van der Waals surface area contributed by atoms with E-state index in [1.807, 2.05) is 0 Å². The molecule has 1 saturated heterocycles. The van der Waals surface area contributed by atoms with Gasteiger partial charge in [-0.3, -0.25) is 5.32 Å². The molecule has 3 aromatic rings. The van der Waals surface area contributed by atoms with Crippen molar-refractivity contribution in [1.29, 1.82) is 0 Å². The molecule has 1 aliphatic heterocycles. The smallest absolute Gasteiger partial charge is 0.109 e. The van der Waals surface area contributed by atoms with Gasteiger partial charge in [-0.1, -0.05) is 66.7 Å². The summed E-state index contributed by atoms with van der Waals surface area (Å²) in [6.07, 6.45) is 0.175.